The number of esters is 1. The van der Waals surface area contributed by atoms with Gasteiger partial charge in [-0.25, -0.2) is 9.78 Å². The lowest BCUT2D eigenvalue weighted by Gasteiger charge is -2.16. The van der Waals surface area contributed by atoms with Crippen LogP contribution in [0.4, 0.5) is 0 Å². The van der Waals surface area contributed by atoms with E-state index < -0.39 is 12.0 Å². The molecule has 0 aliphatic carbocycles. The average Bonchev–Trinajstić information content (AvgIpc) is 3.07. The summed E-state index contributed by atoms with van der Waals surface area (Å²) in [7, 11) is 1.30. The van der Waals surface area contributed by atoms with Crippen LogP contribution in [0, 0.1) is 0 Å². The summed E-state index contributed by atoms with van der Waals surface area (Å²) in [6.07, 6.45) is 0. The van der Waals surface area contributed by atoms with Gasteiger partial charge in [0.25, 0.3) is 0 Å². The van der Waals surface area contributed by atoms with E-state index in [9.17, 15) is 9.59 Å². The highest BCUT2D eigenvalue weighted by atomic mass is 32.2. The summed E-state index contributed by atoms with van der Waals surface area (Å²) in [5.74, 6) is -0.641. The molecule has 1 amide bonds. The predicted molar refractivity (Wildman–Crippen MR) is 96.2 cm³/mol. The standard InChI is InChI=1S/C18H17N3O3S/c1-24-17(23)16(12-7-3-2-4-8-12)21-15(22)11-25-18-19-13-9-5-6-10-14(13)20-18/h2-10,16H,11H2,1H3,(H,19,20)(H,21,22). The van der Waals surface area contributed by atoms with Gasteiger partial charge < -0.3 is 15.0 Å². The molecular weight excluding hydrogens is 338 g/mol. The van der Waals surface area contributed by atoms with Crippen LogP contribution in [0.1, 0.15) is 11.6 Å². The maximum Gasteiger partial charge on any atom is 0.333 e. The minimum atomic E-state index is -0.824. The number of nitrogens with one attached hydrogen (secondary N) is 2. The van der Waals surface area contributed by atoms with Crippen LogP contribution in [0.15, 0.2) is 59.8 Å². The van der Waals surface area contributed by atoms with Gasteiger partial charge in [0.2, 0.25) is 5.91 Å². The number of ether oxygens (including phenoxy) is 1. The van der Waals surface area contributed by atoms with Crippen molar-refractivity contribution < 1.29 is 14.3 Å². The minimum absolute atomic E-state index is 0.139. The van der Waals surface area contributed by atoms with Crippen LogP contribution in [0.25, 0.3) is 11.0 Å². The Balaban J connectivity index is 1.64. The molecule has 0 bridgehead atoms. The van der Waals surface area contributed by atoms with Crippen molar-refractivity contribution in [1.82, 2.24) is 15.3 Å². The summed E-state index contributed by atoms with van der Waals surface area (Å²) in [6, 6.07) is 15.8. The summed E-state index contributed by atoms with van der Waals surface area (Å²) in [5, 5.41) is 3.37. The highest BCUT2D eigenvalue weighted by molar-refractivity contribution is 7.99. The second-order valence-corrected chi connectivity index (χ2v) is 6.25. The molecule has 3 rings (SSSR count). The van der Waals surface area contributed by atoms with E-state index >= 15 is 0 Å². The molecule has 1 unspecified atom stereocenters. The third-order valence-corrected chi connectivity index (χ3v) is 4.46. The van der Waals surface area contributed by atoms with Crippen molar-refractivity contribution in [3.63, 3.8) is 0 Å². The number of carbonyl (C=O) groups is 2. The number of fused-ring (bicyclic) bond motifs is 1. The van der Waals surface area contributed by atoms with Crippen LogP contribution in [0.5, 0.6) is 0 Å². The normalized spacial score (nSPS) is 11.9. The van der Waals surface area contributed by atoms with Gasteiger partial charge in [0.05, 0.1) is 23.9 Å². The number of imidazole rings is 1. The lowest BCUT2D eigenvalue weighted by molar-refractivity contribution is -0.145. The first kappa shape index (κ1) is 17.0. The van der Waals surface area contributed by atoms with Gasteiger partial charge in [-0.1, -0.05) is 54.2 Å². The van der Waals surface area contributed by atoms with E-state index in [0.717, 1.165) is 11.0 Å². The highest BCUT2D eigenvalue weighted by Gasteiger charge is 2.23. The average molecular weight is 355 g/mol. The summed E-state index contributed by atoms with van der Waals surface area (Å²) < 4.78 is 4.79. The lowest BCUT2D eigenvalue weighted by Crippen LogP contribution is -2.35. The number of benzene rings is 2. The van der Waals surface area contributed by atoms with Crippen LogP contribution in [0.3, 0.4) is 0 Å². The Kier molecular flexibility index (Phi) is 5.35. The monoisotopic (exact) mass is 355 g/mol. The van der Waals surface area contributed by atoms with Gasteiger partial charge in [0.1, 0.15) is 0 Å². The number of para-hydroxylation sites is 2. The number of rotatable bonds is 6. The fourth-order valence-electron chi connectivity index (χ4n) is 2.38. The SMILES string of the molecule is COC(=O)C(NC(=O)CSc1nc2ccccc2[nH]1)c1ccccc1. The Labute approximate surface area is 149 Å². The highest BCUT2D eigenvalue weighted by Crippen LogP contribution is 2.20. The zero-order valence-corrected chi connectivity index (χ0v) is 14.4. The quantitative estimate of drug-likeness (QED) is 0.525. The van der Waals surface area contributed by atoms with Crippen molar-refractivity contribution in [3.05, 3.63) is 60.2 Å². The number of hydrogen-bond donors (Lipinski definition) is 2. The number of aromatic amines is 1. The number of thioether (sulfide) groups is 1. The topological polar surface area (TPSA) is 84.1 Å². The first-order chi connectivity index (χ1) is 12.2. The summed E-state index contributed by atoms with van der Waals surface area (Å²) >= 11 is 1.28. The lowest BCUT2D eigenvalue weighted by atomic mass is 10.1. The zero-order valence-electron chi connectivity index (χ0n) is 13.6. The number of aromatic nitrogens is 2. The smallest absolute Gasteiger partial charge is 0.333 e. The third-order valence-electron chi connectivity index (χ3n) is 3.58. The Bertz CT molecular complexity index is 846. The van der Waals surface area contributed by atoms with Gasteiger partial charge in [-0.05, 0) is 17.7 Å². The Morgan fingerprint density at radius 2 is 1.88 bits per heavy atom. The first-order valence-corrected chi connectivity index (χ1v) is 8.65. The van der Waals surface area contributed by atoms with E-state index in [2.05, 4.69) is 15.3 Å². The number of hydrogen-bond acceptors (Lipinski definition) is 5. The van der Waals surface area contributed by atoms with Gasteiger partial charge in [-0.3, -0.25) is 4.79 Å². The van der Waals surface area contributed by atoms with Crippen LogP contribution in [-0.4, -0.2) is 34.7 Å². The van der Waals surface area contributed by atoms with E-state index in [0.29, 0.717) is 10.7 Å². The van der Waals surface area contributed by atoms with Gasteiger partial charge in [0, 0.05) is 0 Å². The van der Waals surface area contributed by atoms with Crippen molar-refractivity contribution >= 4 is 34.7 Å². The Morgan fingerprint density at radius 1 is 1.16 bits per heavy atom. The molecule has 0 radical (unpaired) electrons. The van der Waals surface area contributed by atoms with Crippen molar-refractivity contribution in [3.8, 4) is 0 Å². The van der Waals surface area contributed by atoms with E-state index in [-0.39, 0.29) is 11.7 Å². The number of nitrogens with zero attached hydrogens (tertiary/aromatic N) is 1. The summed E-state index contributed by atoms with van der Waals surface area (Å²) in [4.78, 5) is 31.8. The molecule has 1 heterocycles. The second-order valence-electron chi connectivity index (χ2n) is 5.28. The van der Waals surface area contributed by atoms with Crippen molar-refractivity contribution in [2.75, 3.05) is 12.9 Å². The van der Waals surface area contributed by atoms with Crippen molar-refractivity contribution in [1.29, 1.82) is 0 Å². The maximum atomic E-state index is 12.3. The largest absolute Gasteiger partial charge is 0.467 e. The van der Waals surface area contributed by atoms with Crippen LogP contribution < -0.4 is 5.32 Å². The molecule has 2 N–H and O–H groups in total. The second kappa shape index (κ2) is 7.85. The molecule has 128 valence electrons. The molecule has 1 atom stereocenters. The molecule has 25 heavy (non-hydrogen) atoms. The number of amides is 1. The molecule has 7 heteroatoms. The van der Waals surface area contributed by atoms with E-state index in [1.165, 1.54) is 18.9 Å². The molecule has 2 aromatic carbocycles. The van der Waals surface area contributed by atoms with E-state index in [1.54, 1.807) is 24.3 Å². The Hall–Kier alpha value is -2.80. The molecule has 0 aliphatic rings. The molecule has 0 saturated carbocycles. The van der Waals surface area contributed by atoms with Crippen LogP contribution >= 0.6 is 11.8 Å². The van der Waals surface area contributed by atoms with Crippen molar-refractivity contribution in [2.45, 2.75) is 11.2 Å². The predicted octanol–water partition coefficient (Wildman–Crippen LogP) is 2.69. The van der Waals surface area contributed by atoms with Crippen molar-refractivity contribution in [2.24, 2.45) is 0 Å². The van der Waals surface area contributed by atoms with Gasteiger partial charge in [-0.2, -0.15) is 0 Å². The maximum absolute atomic E-state index is 12.3. The number of carbonyl (C=O) groups excluding carboxylic acids is 2. The minimum Gasteiger partial charge on any atom is -0.467 e. The summed E-state index contributed by atoms with van der Waals surface area (Å²) in [5.41, 5.74) is 2.45. The molecule has 0 spiro atoms. The van der Waals surface area contributed by atoms with Gasteiger partial charge in [0.15, 0.2) is 11.2 Å². The summed E-state index contributed by atoms with van der Waals surface area (Å²) in [6.45, 7) is 0. The van der Waals surface area contributed by atoms with Crippen LogP contribution in [-0.2, 0) is 14.3 Å². The third kappa shape index (κ3) is 4.19. The van der Waals surface area contributed by atoms with Gasteiger partial charge in [-0.15, -0.1) is 0 Å². The van der Waals surface area contributed by atoms with E-state index in [1.807, 2.05) is 30.3 Å². The first-order valence-electron chi connectivity index (χ1n) is 7.67. The molecule has 0 saturated heterocycles. The number of methoxy groups -OCH3 is 1. The Morgan fingerprint density at radius 3 is 2.60 bits per heavy atom. The molecule has 0 aliphatic heterocycles. The molecule has 3 aromatic rings. The van der Waals surface area contributed by atoms with Crippen LogP contribution in [0.2, 0.25) is 0 Å². The van der Waals surface area contributed by atoms with E-state index in [4.69, 9.17) is 4.74 Å². The molecule has 1 aromatic heterocycles. The molecule has 0 fully saturated rings. The number of H-pyrrole nitrogens is 1. The molecule has 6 nitrogen and oxygen atoms in total. The zero-order chi connectivity index (χ0) is 17.6. The molecular formula is C18H17N3O3S. The fourth-order valence-corrected chi connectivity index (χ4v) is 3.07. The fraction of sp³-hybridized carbons (Fsp3) is 0.167. The van der Waals surface area contributed by atoms with Gasteiger partial charge >= 0.3 is 5.97 Å².